The Hall–Kier alpha value is -2.08. The molecule has 90 valence electrons. The van der Waals surface area contributed by atoms with Crippen LogP contribution in [0.15, 0.2) is 33.4 Å². The topological polar surface area (TPSA) is 88.5 Å². The molecule has 0 fully saturated rings. The van der Waals surface area contributed by atoms with Crippen LogP contribution in [0, 0.1) is 6.92 Å². The molecular weight excluding hydrogens is 224 g/mol. The number of aliphatic hydroxyl groups is 1. The van der Waals surface area contributed by atoms with E-state index in [4.69, 9.17) is 8.94 Å². The minimum atomic E-state index is -0.873. The molecule has 0 aliphatic heterocycles. The third kappa shape index (κ3) is 2.73. The van der Waals surface area contributed by atoms with Crippen molar-refractivity contribution in [1.29, 1.82) is 0 Å². The quantitative estimate of drug-likeness (QED) is 0.827. The zero-order valence-corrected chi connectivity index (χ0v) is 9.21. The molecule has 0 saturated heterocycles. The zero-order chi connectivity index (χ0) is 12.3. The van der Waals surface area contributed by atoms with Gasteiger partial charge in [0.05, 0.1) is 12.8 Å². The van der Waals surface area contributed by atoms with Crippen molar-refractivity contribution in [3.63, 3.8) is 0 Å². The Balaban J connectivity index is 1.88. The molecule has 6 heteroatoms. The lowest BCUT2D eigenvalue weighted by molar-refractivity contribution is 0.0892. The highest BCUT2D eigenvalue weighted by atomic mass is 16.5. The first kappa shape index (κ1) is 11.4. The van der Waals surface area contributed by atoms with Gasteiger partial charge in [0.2, 0.25) is 0 Å². The summed E-state index contributed by atoms with van der Waals surface area (Å²) < 4.78 is 9.77. The van der Waals surface area contributed by atoms with Crippen LogP contribution < -0.4 is 5.32 Å². The number of nitrogens with one attached hydrogen (secondary N) is 1. The van der Waals surface area contributed by atoms with Crippen LogP contribution in [0.1, 0.15) is 28.1 Å². The number of rotatable bonds is 4. The molecule has 1 unspecified atom stereocenters. The van der Waals surface area contributed by atoms with Gasteiger partial charge in [0.25, 0.3) is 5.91 Å². The van der Waals surface area contributed by atoms with Crippen molar-refractivity contribution in [2.45, 2.75) is 13.0 Å². The zero-order valence-electron chi connectivity index (χ0n) is 9.21. The molecule has 0 bridgehead atoms. The summed E-state index contributed by atoms with van der Waals surface area (Å²) in [6.45, 7) is 1.75. The molecule has 0 aliphatic rings. The number of amides is 1. The molecule has 0 aliphatic carbocycles. The Morgan fingerprint density at radius 2 is 2.47 bits per heavy atom. The summed E-state index contributed by atoms with van der Waals surface area (Å²) in [6.07, 6.45) is 0.586. The summed E-state index contributed by atoms with van der Waals surface area (Å²) in [5, 5.41) is 15.8. The smallest absolute Gasteiger partial charge is 0.273 e. The Morgan fingerprint density at radius 1 is 1.65 bits per heavy atom. The lowest BCUT2D eigenvalue weighted by Gasteiger charge is -2.07. The van der Waals surface area contributed by atoms with Gasteiger partial charge in [-0.25, -0.2) is 0 Å². The number of hydrogen-bond acceptors (Lipinski definition) is 5. The lowest BCUT2D eigenvalue weighted by atomic mass is 10.2. The van der Waals surface area contributed by atoms with E-state index in [1.54, 1.807) is 19.1 Å². The first-order chi connectivity index (χ1) is 8.16. The number of carbonyl (C=O) groups is 1. The van der Waals surface area contributed by atoms with Gasteiger partial charge in [-0.2, -0.15) is 0 Å². The minimum absolute atomic E-state index is 0.0538. The van der Waals surface area contributed by atoms with Crippen LogP contribution in [0.4, 0.5) is 0 Å². The van der Waals surface area contributed by atoms with Gasteiger partial charge >= 0.3 is 0 Å². The van der Waals surface area contributed by atoms with E-state index in [1.165, 1.54) is 12.3 Å². The SMILES string of the molecule is Cc1cc(C(=O)NCC(O)c2ccco2)no1. The van der Waals surface area contributed by atoms with Crippen LogP contribution in [-0.4, -0.2) is 22.7 Å². The highest BCUT2D eigenvalue weighted by molar-refractivity contribution is 5.92. The summed E-state index contributed by atoms with van der Waals surface area (Å²) in [5.74, 6) is 0.566. The number of aromatic nitrogens is 1. The van der Waals surface area contributed by atoms with Crippen molar-refractivity contribution >= 4 is 5.91 Å². The minimum Gasteiger partial charge on any atom is -0.467 e. The molecule has 0 saturated carbocycles. The van der Waals surface area contributed by atoms with Crippen LogP contribution in [-0.2, 0) is 0 Å². The molecule has 2 N–H and O–H groups in total. The predicted molar refractivity (Wildman–Crippen MR) is 57.2 cm³/mol. The van der Waals surface area contributed by atoms with Gasteiger partial charge in [0.15, 0.2) is 5.69 Å². The fraction of sp³-hybridized carbons (Fsp3) is 0.273. The van der Waals surface area contributed by atoms with Crippen molar-refractivity contribution in [3.8, 4) is 0 Å². The van der Waals surface area contributed by atoms with E-state index in [2.05, 4.69) is 10.5 Å². The van der Waals surface area contributed by atoms with Crippen LogP contribution >= 0.6 is 0 Å². The second-order valence-electron chi connectivity index (χ2n) is 3.56. The van der Waals surface area contributed by atoms with E-state index >= 15 is 0 Å². The Bertz CT molecular complexity index is 489. The molecule has 0 aromatic carbocycles. The van der Waals surface area contributed by atoms with Crippen molar-refractivity contribution < 1.29 is 18.8 Å². The van der Waals surface area contributed by atoms with E-state index in [-0.39, 0.29) is 12.2 Å². The molecule has 0 spiro atoms. The highest BCUT2D eigenvalue weighted by Crippen LogP contribution is 2.11. The normalized spacial score (nSPS) is 12.4. The van der Waals surface area contributed by atoms with Gasteiger partial charge in [0, 0.05) is 6.07 Å². The monoisotopic (exact) mass is 236 g/mol. The molecule has 1 amide bonds. The predicted octanol–water partition coefficient (Wildman–Crippen LogP) is 1.04. The number of furan rings is 1. The Kier molecular flexibility index (Phi) is 3.24. The third-order valence-corrected chi connectivity index (χ3v) is 2.19. The molecular formula is C11H12N2O4. The van der Waals surface area contributed by atoms with Gasteiger partial charge in [-0.3, -0.25) is 4.79 Å². The van der Waals surface area contributed by atoms with Crippen LogP contribution in [0.25, 0.3) is 0 Å². The molecule has 17 heavy (non-hydrogen) atoms. The van der Waals surface area contributed by atoms with E-state index in [0.29, 0.717) is 11.5 Å². The fourth-order valence-electron chi connectivity index (χ4n) is 1.33. The Morgan fingerprint density at radius 3 is 3.06 bits per heavy atom. The molecule has 6 nitrogen and oxygen atoms in total. The number of aryl methyl sites for hydroxylation is 1. The maximum Gasteiger partial charge on any atom is 0.273 e. The maximum absolute atomic E-state index is 11.6. The van der Waals surface area contributed by atoms with Gasteiger partial charge in [-0.05, 0) is 19.1 Å². The van der Waals surface area contributed by atoms with Crippen molar-refractivity contribution in [2.75, 3.05) is 6.54 Å². The average Bonchev–Trinajstić information content (AvgIpc) is 2.95. The second-order valence-corrected chi connectivity index (χ2v) is 3.56. The molecule has 2 rings (SSSR count). The lowest BCUT2D eigenvalue weighted by Crippen LogP contribution is -2.28. The molecule has 2 aromatic rings. The van der Waals surface area contributed by atoms with E-state index in [1.807, 2.05) is 0 Å². The summed E-state index contributed by atoms with van der Waals surface area (Å²) in [5.41, 5.74) is 0.189. The molecule has 2 aromatic heterocycles. The number of aliphatic hydroxyl groups excluding tert-OH is 1. The summed E-state index contributed by atoms with van der Waals surface area (Å²) in [6, 6.07) is 4.83. The maximum atomic E-state index is 11.6. The van der Waals surface area contributed by atoms with Crippen LogP contribution in [0.5, 0.6) is 0 Å². The van der Waals surface area contributed by atoms with Crippen LogP contribution in [0.3, 0.4) is 0 Å². The second kappa shape index (κ2) is 4.84. The van der Waals surface area contributed by atoms with Crippen molar-refractivity contribution in [1.82, 2.24) is 10.5 Å². The highest BCUT2D eigenvalue weighted by Gasteiger charge is 2.14. The summed E-state index contributed by atoms with van der Waals surface area (Å²) in [4.78, 5) is 11.6. The first-order valence-electron chi connectivity index (χ1n) is 5.10. The van der Waals surface area contributed by atoms with E-state index in [0.717, 1.165) is 0 Å². The standard InChI is InChI=1S/C11H12N2O4/c1-7-5-8(13-17-7)11(15)12-6-9(14)10-3-2-4-16-10/h2-5,9,14H,6H2,1H3,(H,12,15). The van der Waals surface area contributed by atoms with E-state index in [9.17, 15) is 9.90 Å². The van der Waals surface area contributed by atoms with Gasteiger partial charge in [-0.1, -0.05) is 5.16 Å². The molecule has 0 radical (unpaired) electrons. The molecule has 2 heterocycles. The van der Waals surface area contributed by atoms with Crippen molar-refractivity contribution in [3.05, 3.63) is 41.7 Å². The first-order valence-corrected chi connectivity index (χ1v) is 5.10. The number of nitrogens with zero attached hydrogens (tertiary/aromatic N) is 1. The number of hydrogen-bond donors (Lipinski definition) is 2. The number of carbonyl (C=O) groups excluding carboxylic acids is 1. The Labute approximate surface area is 97.2 Å². The van der Waals surface area contributed by atoms with Gasteiger partial charge < -0.3 is 19.4 Å². The summed E-state index contributed by atoms with van der Waals surface area (Å²) in [7, 11) is 0. The van der Waals surface area contributed by atoms with E-state index < -0.39 is 12.0 Å². The van der Waals surface area contributed by atoms with Crippen LogP contribution in [0.2, 0.25) is 0 Å². The fourth-order valence-corrected chi connectivity index (χ4v) is 1.33. The largest absolute Gasteiger partial charge is 0.467 e. The third-order valence-electron chi connectivity index (χ3n) is 2.19. The van der Waals surface area contributed by atoms with Gasteiger partial charge in [0.1, 0.15) is 17.6 Å². The van der Waals surface area contributed by atoms with Gasteiger partial charge in [-0.15, -0.1) is 0 Å². The average molecular weight is 236 g/mol. The molecule has 1 atom stereocenters. The van der Waals surface area contributed by atoms with Crippen molar-refractivity contribution in [2.24, 2.45) is 0 Å². The summed E-state index contributed by atoms with van der Waals surface area (Å²) >= 11 is 0.